The minimum absolute atomic E-state index is 0.217. The van der Waals surface area contributed by atoms with Crippen LogP contribution in [0, 0.1) is 4.77 Å². The lowest BCUT2D eigenvalue weighted by molar-refractivity contribution is 0.578. The summed E-state index contributed by atoms with van der Waals surface area (Å²) < 4.78 is 1.52. The molecule has 0 saturated carbocycles. The molecule has 0 amide bonds. The minimum atomic E-state index is -0.217. The van der Waals surface area contributed by atoms with Crippen molar-refractivity contribution in [1.29, 1.82) is 0 Å². The Balaban J connectivity index is 1.61. The zero-order chi connectivity index (χ0) is 17.9. The van der Waals surface area contributed by atoms with Gasteiger partial charge in [-0.2, -0.15) is 9.78 Å². The van der Waals surface area contributed by atoms with E-state index in [2.05, 4.69) is 27.1 Å². The van der Waals surface area contributed by atoms with E-state index in [4.69, 9.17) is 12.2 Å². The number of anilines is 1. The molecule has 2 aromatic carbocycles. The van der Waals surface area contributed by atoms with Gasteiger partial charge in [0.25, 0.3) is 5.56 Å². The number of aromatic nitrogens is 2. The molecule has 1 fully saturated rings. The lowest BCUT2D eigenvalue weighted by atomic mass is 10.1. The van der Waals surface area contributed by atoms with Crippen LogP contribution >= 0.6 is 12.2 Å². The molecule has 0 bridgehead atoms. The molecule has 1 aliphatic heterocycles. The fourth-order valence-electron chi connectivity index (χ4n) is 3.31. The molecule has 0 unspecified atom stereocenters. The second-order valence-electron chi connectivity index (χ2n) is 6.48. The number of rotatable bonds is 3. The summed E-state index contributed by atoms with van der Waals surface area (Å²) in [5, 5.41) is 4.87. The first-order chi connectivity index (χ1) is 12.7. The van der Waals surface area contributed by atoms with Gasteiger partial charge in [-0.05, 0) is 61.3 Å². The summed E-state index contributed by atoms with van der Waals surface area (Å²) in [6.45, 7) is 2.24. The zero-order valence-corrected chi connectivity index (χ0v) is 15.2. The monoisotopic (exact) mass is 364 g/mol. The summed E-state index contributed by atoms with van der Waals surface area (Å²) >= 11 is 5.28. The highest BCUT2D eigenvalue weighted by molar-refractivity contribution is 7.71. The minimum Gasteiger partial charge on any atom is -0.372 e. The van der Waals surface area contributed by atoms with Gasteiger partial charge in [0.15, 0.2) is 0 Å². The number of H-pyrrole nitrogens is 1. The molecular formula is C20H20N4OS. The summed E-state index contributed by atoms with van der Waals surface area (Å²) in [5.74, 6) is 0. The number of para-hydroxylation sites is 1. The van der Waals surface area contributed by atoms with E-state index in [0.717, 1.165) is 24.2 Å². The molecule has 26 heavy (non-hydrogen) atoms. The van der Waals surface area contributed by atoms with Crippen LogP contribution in [0.25, 0.3) is 10.9 Å². The van der Waals surface area contributed by atoms with Crippen LogP contribution in [-0.4, -0.2) is 29.0 Å². The van der Waals surface area contributed by atoms with Gasteiger partial charge in [-0.1, -0.05) is 24.3 Å². The van der Waals surface area contributed by atoms with Gasteiger partial charge in [0.1, 0.15) is 0 Å². The fourth-order valence-corrected chi connectivity index (χ4v) is 3.55. The van der Waals surface area contributed by atoms with Crippen molar-refractivity contribution in [2.45, 2.75) is 19.3 Å². The van der Waals surface area contributed by atoms with Crippen LogP contribution in [0.15, 0.2) is 58.4 Å². The third-order valence-electron chi connectivity index (χ3n) is 4.72. The van der Waals surface area contributed by atoms with Crippen molar-refractivity contribution in [3.05, 3.63) is 69.2 Å². The summed E-state index contributed by atoms with van der Waals surface area (Å²) in [4.78, 5) is 18.0. The van der Waals surface area contributed by atoms with E-state index in [9.17, 15) is 4.79 Å². The Bertz CT molecular complexity index is 1060. The SMILES string of the molecule is O=c1c2ccccc2[nH]c(=S)n1/N=C\c1ccc(N2CCCCC2)cc1. The van der Waals surface area contributed by atoms with Crippen LogP contribution in [0.4, 0.5) is 5.69 Å². The number of fused-ring (bicyclic) bond motifs is 1. The lowest BCUT2D eigenvalue weighted by Crippen LogP contribution is -2.29. The van der Waals surface area contributed by atoms with Gasteiger partial charge in [0, 0.05) is 18.8 Å². The van der Waals surface area contributed by atoms with Crippen LogP contribution in [-0.2, 0) is 0 Å². The van der Waals surface area contributed by atoms with E-state index >= 15 is 0 Å². The Morgan fingerprint density at radius 2 is 1.73 bits per heavy atom. The zero-order valence-electron chi connectivity index (χ0n) is 14.4. The molecule has 5 nitrogen and oxygen atoms in total. The molecule has 0 aliphatic carbocycles. The normalized spacial score (nSPS) is 15.0. The molecule has 4 rings (SSSR count). The number of benzene rings is 2. The Kier molecular flexibility index (Phi) is 4.67. The number of hydrogen-bond acceptors (Lipinski definition) is 4. The number of piperidine rings is 1. The van der Waals surface area contributed by atoms with Gasteiger partial charge in [-0.3, -0.25) is 4.79 Å². The van der Waals surface area contributed by atoms with Gasteiger partial charge in [-0.15, -0.1) is 0 Å². The van der Waals surface area contributed by atoms with Crippen molar-refractivity contribution >= 4 is 35.0 Å². The molecule has 3 aromatic rings. The molecule has 0 spiro atoms. The molecule has 1 saturated heterocycles. The predicted molar refractivity (Wildman–Crippen MR) is 109 cm³/mol. The lowest BCUT2D eigenvalue weighted by Gasteiger charge is -2.28. The summed E-state index contributed by atoms with van der Waals surface area (Å²) in [6.07, 6.45) is 5.50. The molecule has 1 aromatic heterocycles. The fraction of sp³-hybridized carbons (Fsp3) is 0.250. The highest BCUT2D eigenvalue weighted by atomic mass is 32.1. The van der Waals surface area contributed by atoms with E-state index in [-0.39, 0.29) is 10.3 Å². The van der Waals surface area contributed by atoms with Crippen molar-refractivity contribution in [2.24, 2.45) is 5.10 Å². The Hall–Kier alpha value is -2.73. The first-order valence-electron chi connectivity index (χ1n) is 8.86. The average molecular weight is 364 g/mol. The van der Waals surface area contributed by atoms with Gasteiger partial charge >= 0.3 is 0 Å². The molecular weight excluding hydrogens is 344 g/mol. The topological polar surface area (TPSA) is 53.4 Å². The number of aromatic amines is 1. The van der Waals surface area contributed by atoms with E-state index in [1.54, 1.807) is 12.3 Å². The smallest absolute Gasteiger partial charge is 0.282 e. The average Bonchev–Trinajstić information content (AvgIpc) is 2.69. The van der Waals surface area contributed by atoms with Crippen LogP contribution in [0.1, 0.15) is 24.8 Å². The maximum absolute atomic E-state index is 12.6. The molecule has 6 heteroatoms. The summed E-state index contributed by atoms with van der Waals surface area (Å²) in [5.41, 5.74) is 2.67. The van der Waals surface area contributed by atoms with Gasteiger partial charge in [0.05, 0.1) is 17.1 Å². The summed E-state index contributed by atoms with van der Waals surface area (Å²) in [6, 6.07) is 15.5. The molecule has 1 N–H and O–H groups in total. The molecule has 1 aliphatic rings. The van der Waals surface area contributed by atoms with E-state index in [0.29, 0.717) is 5.39 Å². The number of hydrogen-bond donors (Lipinski definition) is 1. The largest absolute Gasteiger partial charge is 0.372 e. The van der Waals surface area contributed by atoms with Crippen molar-refractivity contribution in [1.82, 2.24) is 9.66 Å². The number of nitrogens with zero attached hydrogens (tertiary/aromatic N) is 3. The van der Waals surface area contributed by atoms with Gasteiger partial charge < -0.3 is 9.88 Å². The molecule has 2 heterocycles. The maximum Gasteiger partial charge on any atom is 0.282 e. The Labute approximate surface area is 156 Å². The quantitative estimate of drug-likeness (QED) is 0.566. The van der Waals surface area contributed by atoms with Gasteiger partial charge in [0.2, 0.25) is 4.77 Å². The summed E-state index contributed by atoms with van der Waals surface area (Å²) in [7, 11) is 0. The molecule has 0 radical (unpaired) electrons. The second kappa shape index (κ2) is 7.25. The third-order valence-corrected chi connectivity index (χ3v) is 5.00. The predicted octanol–water partition coefficient (Wildman–Crippen LogP) is 3.93. The van der Waals surface area contributed by atoms with Crippen LogP contribution in [0.3, 0.4) is 0 Å². The Morgan fingerprint density at radius 1 is 1.00 bits per heavy atom. The third kappa shape index (κ3) is 3.32. The highest BCUT2D eigenvalue weighted by Gasteiger charge is 2.10. The Morgan fingerprint density at radius 3 is 2.50 bits per heavy atom. The van der Waals surface area contributed by atoms with Crippen molar-refractivity contribution < 1.29 is 0 Å². The van der Waals surface area contributed by atoms with E-state index in [1.165, 1.54) is 29.6 Å². The van der Waals surface area contributed by atoms with Crippen LogP contribution < -0.4 is 10.5 Å². The number of nitrogens with one attached hydrogen (secondary N) is 1. The molecule has 132 valence electrons. The van der Waals surface area contributed by atoms with Gasteiger partial charge in [-0.25, -0.2) is 0 Å². The first kappa shape index (κ1) is 16.7. The van der Waals surface area contributed by atoms with Crippen molar-refractivity contribution in [2.75, 3.05) is 18.0 Å². The standard InChI is InChI=1S/C20H20N4OS/c25-19-17-6-2-3-7-18(17)22-20(26)24(19)21-14-15-8-10-16(11-9-15)23-12-4-1-5-13-23/h2-3,6-11,14H,1,4-5,12-13H2,(H,22,26)/b21-14-. The first-order valence-corrected chi connectivity index (χ1v) is 9.27. The second-order valence-corrected chi connectivity index (χ2v) is 6.86. The van der Waals surface area contributed by atoms with E-state index < -0.39 is 0 Å². The maximum atomic E-state index is 12.6. The van der Waals surface area contributed by atoms with Crippen LogP contribution in [0.5, 0.6) is 0 Å². The highest BCUT2D eigenvalue weighted by Crippen LogP contribution is 2.19. The van der Waals surface area contributed by atoms with E-state index in [1.807, 2.05) is 30.3 Å². The van der Waals surface area contributed by atoms with Crippen LogP contribution in [0.2, 0.25) is 0 Å². The van der Waals surface area contributed by atoms with Crippen molar-refractivity contribution in [3.8, 4) is 0 Å². The van der Waals surface area contributed by atoms with Crippen molar-refractivity contribution in [3.63, 3.8) is 0 Å². The molecule has 0 atom stereocenters.